The highest BCUT2D eigenvalue weighted by Gasteiger charge is 2.36. The first kappa shape index (κ1) is 27.7. The van der Waals surface area contributed by atoms with Crippen molar-refractivity contribution in [2.75, 3.05) is 0 Å². The van der Waals surface area contributed by atoms with Crippen molar-refractivity contribution in [1.82, 2.24) is 4.57 Å². The SMILES string of the molecule is CC1(C)c2ccccc2-c2cc3c(cc21)c1ccccc1n3-c1ccc(C=NC(=NC(=N)c2ccccc2)c2ccccc2)cc1. The van der Waals surface area contributed by atoms with E-state index >= 15 is 0 Å². The van der Waals surface area contributed by atoms with E-state index in [9.17, 15) is 0 Å². The Hall–Kier alpha value is -5.87. The fraction of sp³-hybridized carbons (Fsp3) is 0.0714. The van der Waals surface area contributed by atoms with E-state index in [1.807, 2.05) is 66.9 Å². The van der Waals surface area contributed by atoms with Crippen LogP contribution in [0.4, 0.5) is 0 Å². The molecule has 1 heterocycles. The molecule has 1 aliphatic rings. The van der Waals surface area contributed by atoms with Gasteiger partial charge in [0.05, 0.1) is 11.0 Å². The molecule has 4 nitrogen and oxygen atoms in total. The van der Waals surface area contributed by atoms with Gasteiger partial charge in [0.25, 0.3) is 0 Å². The molecule has 1 N–H and O–H groups in total. The number of amidine groups is 2. The fourth-order valence-electron chi connectivity index (χ4n) is 6.81. The molecule has 4 heteroatoms. The number of hydrogen-bond donors (Lipinski definition) is 1. The Morgan fingerprint density at radius 3 is 2.02 bits per heavy atom. The van der Waals surface area contributed by atoms with Gasteiger partial charge in [-0.1, -0.05) is 129 Å². The van der Waals surface area contributed by atoms with Gasteiger partial charge < -0.3 is 4.57 Å². The summed E-state index contributed by atoms with van der Waals surface area (Å²) in [6.07, 6.45) is 1.83. The van der Waals surface area contributed by atoms with Crippen molar-refractivity contribution in [3.05, 3.63) is 173 Å². The Bertz CT molecular complexity index is 2320. The number of hydrogen-bond acceptors (Lipinski definition) is 1. The maximum atomic E-state index is 8.58. The van der Waals surface area contributed by atoms with Crippen LogP contribution in [-0.4, -0.2) is 22.5 Å². The number of nitrogens with zero attached hydrogens (tertiary/aromatic N) is 3. The van der Waals surface area contributed by atoms with Crippen LogP contribution >= 0.6 is 0 Å². The van der Waals surface area contributed by atoms with Gasteiger partial charge in [0.15, 0.2) is 11.7 Å². The van der Waals surface area contributed by atoms with Crippen LogP contribution in [0.2, 0.25) is 0 Å². The van der Waals surface area contributed by atoms with Gasteiger partial charge in [-0.3, -0.25) is 5.41 Å². The van der Waals surface area contributed by atoms with E-state index in [0.717, 1.165) is 22.4 Å². The lowest BCUT2D eigenvalue weighted by Crippen LogP contribution is -2.14. The number of rotatable bonds is 4. The molecule has 0 saturated carbocycles. The molecule has 0 amide bonds. The molecule has 1 aliphatic carbocycles. The minimum Gasteiger partial charge on any atom is -0.309 e. The van der Waals surface area contributed by atoms with Crippen LogP contribution in [0, 0.1) is 5.41 Å². The molecule has 0 saturated heterocycles. The van der Waals surface area contributed by atoms with Crippen LogP contribution in [0.5, 0.6) is 0 Å². The first-order valence-electron chi connectivity index (χ1n) is 15.6. The van der Waals surface area contributed by atoms with Gasteiger partial charge in [-0.15, -0.1) is 0 Å². The molecule has 7 aromatic rings. The Morgan fingerprint density at radius 1 is 0.609 bits per heavy atom. The third-order valence-electron chi connectivity index (χ3n) is 9.16. The number of nitrogens with one attached hydrogen (secondary N) is 1. The van der Waals surface area contributed by atoms with Gasteiger partial charge in [0, 0.05) is 39.2 Å². The summed E-state index contributed by atoms with van der Waals surface area (Å²) in [7, 11) is 0. The van der Waals surface area contributed by atoms with Crippen LogP contribution < -0.4 is 0 Å². The second kappa shape index (κ2) is 10.9. The summed E-state index contributed by atoms with van der Waals surface area (Å²) in [6.45, 7) is 4.67. The number of aromatic nitrogens is 1. The summed E-state index contributed by atoms with van der Waals surface area (Å²) in [5, 5.41) is 11.1. The highest BCUT2D eigenvalue weighted by atomic mass is 15.0. The van der Waals surface area contributed by atoms with E-state index in [1.54, 1.807) is 0 Å². The molecule has 0 atom stereocenters. The Balaban J connectivity index is 1.20. The van der Waals surface area contributed by atoms with Crippen molar-refractivity contribution in [3.8, 4) is 16.8 Å². The van der Waals surface area contributed by atoms with Crippen molar-refractivity contribution in [2.24, 2.45) is 9.98 Å². The molecule has 0 radical (unpaired) electrons. The summed E-state index contributed by atoms with van der Waals surface area (Å²) < 4.78 is 2.37. The zero-order valence-corrected chi connectivity index (χ0v) is 25.8. The molecule has 0 unspecified atom stereocenters. The van der Waals surface area contributed by atoms with Crippen LogP contribution in [-0.2, 0) is 5.41 Å². The van der Waals surface area contributed by atoms with Crippen molar-refractivity contribution < 1.29 is 0 Å². The summed E-state index contributed by atoms with van der Waals surface area (Å²) in [4.78, 5) is 9.38. The summed E-state index contributed by atoms with van der Waals surface area (Å²) in [5.74, 6) is 0.675. The third kappa shape index (κ3) is 4.58. The highest BCUT2D eigenvalue weighted by molar-refractivity contribution is 6.13. The van der Waals surface area contributed by atoms with E-state index in [1.165, 1.54) is 44.1 Å². The summed E-state index contributed by atoms with van der Waals surface area (Å²) in [5.41, 5.74) is 11.4. The molecule has 0 aliphatic heterocycles. The number of fused-ring (bicyclic) bond motifs is 6. The molecular formula is C42H32N4. The van der Waals surface area contributed by atoms with Crippen LogP contribution in [0.3, 0.4) is 0 Å². The lowest BCUT2D eigenvalue weighted by molar-refractivity contribution is 0.661. The maximum absolute atomic E-state index is 8.58. The van der Waals surface area contributed by atoms with Gasteiger partial charge in [-0.25, -0.2) is 9.98 Å². The zero-order chi connectivity index (χ0) is 31.3. The Kier molecular flexibility index (Phi) is 6.58. The maximum Gasteiger partial charge on any atom is 0.161 e. The Labute approximate surface area is 268 Å². The van der Waals surface area contributed by atoms with Crippen molar-refractivity contribution in [2.45, 2.75) is 19.3 Å². The van der Waals surface area contributed by atoms with Gasteiger partial charge in [-0.2, -0.15) is 0 Å². The second-order valence-electron chi connectivity index (χ2n) is 12.3. The molecule has 220 valence electrons. The number of aliphatic imine (C=N–C) groups is 2. The van der Waals surface area contributed by atoms with Crippen molar-refractivity contribution >= 4 is 39.7 Å². The molecule has 0 fully saturated rings. The quantitative estimate of drug-likeness (QED) is 0.156. The fourth-order valence-corrected chi connectivity index (χ4v) is 6.81. The third-order valence-corrected chi connectivity index (χ3v) is 9.16. The average molecular weight is 593 g/mol. The minimum absolute atomic E-state index is 0.0498. The van der Waals surface area contributed by atoms with Gasteiger partial charge in [0.1, 0.15) is 0 Å². The van der Waals surface area contributed by atoms with Gasteiger partial charge in [-0.05, 0) is 58.1 Å². The van der Waals surface area contributed by atoms with E-state index in [-0.39, 0.29) is 11.3 Å². The van der Waals surface area contributed by atoms with E-state index in [0.29, 0.717) is 5.84 Å². The Morgan fingerprint density at radius 2 is 1.26 bits per heavy atom. The summed E-state index contributed by atoms with van der Waals surface area (Å²) >= 11 is 0. The van der Waals surface area contributed by atoms with Gasteiger partial charge in [0.2, 0.25) is 0 Å². The molecule has 46 heavy (non-hydrogen) atoms. The molecule has 8 rings (SSSR count). The largest absolute Gasteiger partial charge is 0.309 e. The second-order valence-corrected chi connectivity index (χ2v) is 12.3. The monoisotopic (exact) mass is 592 g/mol. The highest BCUT2D eigenvalue weighted by Crippen LogP contribution is 2.50. The topological polar surface area (TPSA) is 53.5 Å². The smallest absolute Gasteiger partial charge is 0.161 e. The van der Waals surface area contributed by atoms with Crippen molar-refractivity contribution in [1.29, 1.82) is 5.41 Å². The molecular weight excluding hydrogens is 560 g/mol. The first-order chi connectivity index (χ1) is 22.5. The van der Waals surface area contributed by atoms with E-state index < -0.39 is 0 Å². The van der Waals surface area contributed by atoms with Crippen LogP contribution in [0.25, 0.3) is 38.6 Å². The van der Waals surface area contributed by atoms with Crippen LogP contribution in [0.15, 0.2) is 156 Å². The van der Waals surface area contributed by atoms with Crippen LogP contribution in [0.1, 0.15) is 41.7 Å². The predicted molar refractivity (Wildman–Crippen MR) is 192 cm³/mol. The number of para-hydroxylation sites is 1. The molecule has 0 bridgehead atoms. The van der Waals surface area contributed by atoms with Crippen molar-refractivity contribution in [3.63, 3.8) is 0 Å². The average Bonchev–Trinajstić information content (AvgIpc) is 3.55. The standard InChI is InChI=1S/C42H32N4/c1-42(2)36-19-11-9-17-32(36)34-26-39-35(25-37(34)42)33-18-10-12-20-38(33)46(39)31-23-21-28(22-24-31)27-44-41(30-15-7-4-8-16-30)45-40(43)29-13-5-3-6-14-29/h3-27,43H,1-2H3. The van der Waals surface area contributed by atoms with E-state index in [2.05, 4.69) is 108 Å². The first-order valence-corrected chi connectivity index (χ1v) is 15.6. The number of benzene rings is 6. The lowest BCUT2D eigenvalue weighted by atomic mass is 9.82. The lowest BCUT2D eigenvalue weighted by Gasteiger charge is -2.21. The normalized spacial score (nSPS) is 13.7. The predicted octanol–water partition coefficient (Wildman–Crippen LogP) is 9.98. The zero-order valence-electron chi connectivity index (χ0n) is 25.8. The minimum atomic E-state index is -0.0498. The molecule has 6 aromatic carbocycles. The van der Waals surface area contributed by atoms with Gasteiger partial charge >= 0.3 is 0 Å². The molecule has 1 aromatic heterocycles. The molecule has 0 spiro atoms. The summed E-state index contributed by atoms with van der Waals surface area (Å²) in [6, 6.07) is 50.2. The van der Waals surface area contributed by atoms with E-state index in [4.69, 9.17) is 10.4 Å².